The van der Waals surface area contributed by atoms with Gasteiger partial charge in [0.05, 0.1) is 5.75 Å². The van der Waals surface area contributed by atoms with Gasteiger partial charge in [0, 0.05) is 25.0 Å². The van der Waals surface area contributed by atoms with Crippen molar-refractivity contribution in [1.29, 1.82) is 0 Å². The van der Waals surface area contributed by atoms with Gasteiger partial charge in [-0.05, 0) is 19.3 Å². The lowest BCUT2D eigenvalue weighted by Crippen LogP contribution is -2.41. The van der Waals surface area contributed by atoms with Crippen molar-refractivity contribution in [2.24, 2.45) is 0 Å². The minimum absolute atomic E-state index is 0.112. The predicted octanol–water partition coefficient (Wildman–Crippen LogP) is 1.64. The third-order valence-corrected chi connectivity index (χ3v) is 5.88. The molecule has 1 aliphatic heterocycles. The fraction of sp³-hybridized carbons (Fsp3) is 0.929. The molecule has 5 nitrogen and oxygen atoms in total. The zero-order valence-corrected chi connectivity index (χ0v) is 13.1. The molecule has 0 bridgehead atoms. The Morgan fingerprint density at radius 2 is 1.85 bits per heavy atom. The first-order chi connectivity index (χ1) is 9.52. The molecular formula is C14H26N2O3S. The van der Waals surface area contributed by atoms with Crippen LogP contribution in [-0.4, -0.2) is 43.6 Å². The second kappa shape index (κ2) is 6.89. The van der Waals surface area contributed by atoms with Gasteiger partial charge in [0.15, 0.2) is 0 Å². The van der Waals surface area contributed by atoms with Crippen LogP contribution in [0.4, 0.5) is 0 Å². The van der Waals surface area contributed by atoms with Crippen molar-refractivity contribution in [3.05, 3.63) is 0 Å². The molecule has 0 radical (unpaired) electrons. The number of rotatable bonds is 5. The second-order valence-electron chi connectivity index (χ2n) is 6.03. The Balaban J connectivity index is 1.93. The number of hydrogen-bond acceptors (Lipinski definition) is 3. The van der Waals surface area contributed by atoms with Crippen molar-refractivity contribution >= 4 is 15.9 Å². The zero-order chi connectivity index (χ0) is 14.6. The molecule has 1 aliphatic carbocycles. The highest BCUT2D eigenvalue weighted by Gasteiger charge is 2.35. The van der Waals surface area contributed by atoms with Gasteiger partial charge in [-0.2, -0.15) is 0 Å². The first-order valence-electron chi connectivity index (χ1n) is 7.81. The number of sulfonamides is 1. The minimum Gasteiger partial charge on any atom is -0.338 e. The summed E-state index contributed by atoms with van der Waals surface area (Å²) in [6, 6.07) is 0.0907. The summed E-state index contributed by atoms with van der Waals surface area (Å²) >= 11 is 0. The van der Waals surface area contributed by atoms with Gasteiger partial charge in [0.2, 0.25) is 15.9 Å². The molecule has 2 fully saturated rings. The van der Waals surface area contributed by atoms with Crippen molar-refractivity contribution in [2.75, 3.05) is 12.3 Å². The van der Waals surface area contributed by atoms with E-state index in [9.17, 15) is 13.2 Å². The van der Waals surface area contributed by atoms with E-state index < -0.39 is 10.0 Å². The Labute approximate surface area is 122 Å². The Morgan fingerprint density at radius 3 is 2.45 bits per heavy atom. The van der Waals surface area contributed by atoms with Crippen LogP contribution in [0.1, 0.15) is 58.3 Å². The lowest BCUT2D eigenvalue weighted by molar-refractivity contribution is -0.129. The predicted molar refractivity (Wildman–Crippen MR) is 78.8 cm³/mol. The van der Waals surface area contributed by atoms with Crippen LogP contribution in [0, 0.1) is 0 Å². The van der Waals surface area contributed by atoms with Crippen molar-refractivity contribution in [3.8, 4) is 0 Å². The third-order valence-electron chi connectivity index (χ3n) is 4.24. The van der Waals surface area contributed by atoms with E-state index in [1.165, 1.54) is 25.7 Å². The lowest BCUT2D eigenvalue weighted by Gasteiger charge is -2.27. The van der Waals surface area contributed by atoms with Crippen LogP contribution in [0.15, 0.2) is 0 Å². The molecule has 1 saturated heterocycles. The molecule has 1 N–H and O–H groups in total. The van der Waals surface area contributed by atoms with Gasteiger partial charge in [0.25, 0.3) is 0 Å². The van der Waals surface area contributed by atoms with E-state index in [1.807, 2.05) is 11.8 Å². The van der Waals surface area contributed by atoms with Crippen molar-refractivity contribution in [2.45, 2.75) is 70.4 Å². The van der Waals surface area contributed by atoms with Crippen LogP contribution in [0.3, 0.4) is 0 Å². The van der Waals surface area contributed by atoms with Crippen LogP contribution in [0.2, 0.25) is 0 Å². The maximum absolute atomic E-state index is 12.1. The van der Waals surface area contributed by atoms with Crippen LogP contribution < -0.4 is 4.72 Å². The average Bonchev–Trinajstić information content (AvgIpc) is 2.59. The monoisotopic (exact) mass is 302 g/mol. The molecule has 20 heavy (non-hydrogen) atoms. The molecule has 0 aromatic carbocycles. The Bertz CT molecular complexity index is 428. The van der Waals surface area contributed by atoms with E-state index in [0.29, 0.717) is 25.4 Å². The Morgan fingerprint density at radius 1 is 1.20 bits per heavy atom. The molecule has 0 spiro atoms. The summed E-state index contributed by atoms with van der Waals surface area (Å²) < 4.78 is 26.3. The first-order valence-corrected chi connectivity index (χ1v) is 9.46. The number of nitrogens with one attached hydrogen (secondary N) is 1. The largest absolute Gasteiger partial charge is 0.338 e. The minimum atomic E-state index is -3.23. The highest BCUT2D eigenvalue weighted by Crippen LogP contribution is 2.26. The van der Waals surface area contributed by atoms with E-state index in [1.54, 1.807) is 0 Å². The van der Waals surface area contributed by atoms with Crippen molar-refractivity contribution in [3.63, 3.8) is 0 Å². The van der Waals surface area contributed by atoms with Gasteiger partial charge in [-0.25, -0.2) is 13.1 Å². The fourth-order valence-corrected chi connectivity index (χ4v) is 4.64. The molecule has 2 rings (SSSR count). The van der Waals surface area contributed by atoms with Gasteiger partial charge in [0.1, 0.15) is 0 Å². The molecule has 1 heterocycles. The van der Waals surface area contributed by atoms with Gasteiger partial charge >= 0.3 is 0 Å². The van der Waals surface area contributed by atoms with E-state index in [-0.39, 0.29) is 17.7 Å². The van der Waals surface area contributed by atoms with Crippen molar-refractivity contribution in [1.82, 2.24) is 9.62 Å². The van der Waals surface area contributed by atoms with Gasteiger partial charge in [-0.15, -0.1) is 0 Å². The molecular weight excluding hydrogens is 276 g/mol. The normalized spacial score (nSPS) is 25.9. The summed E-state index contributed by atoms with van der Waals surface area (Å²) in [5.74, 6) is 0.252. The number of nitrogens with zero attached hydrogens (tertiary/aromatic N) is 1. The number of carbonyl (C=O) groups is 1. The molecule has 1 saturated carbocycles. The lowest BCUT2D eigenvalue weighted by atomic mass is 10.1. The van der Waals surface area contributed by atoms with Crippen LogP contribution >= 0.6 is 0 Å². The highest BCUT2D eigenvalue weighted by atomic mass is 32.2. The molecule has 0 aromatic heterocycles. The number of carbonyl (C=O) groups excluding carboxylic acids is 1. The van der Waals surface area contributed by atoms with E-state index in [4.69, 9.17) is 0 Å². The molecule has 2 aliphatic rings. The van der Waals surface area contributed by atoms with Crippen LogP contribution in [0.5, 0.6) is 0 Å². The highest BCUT2D eigenvalue weighted by molar-refractivity contribution is 7.89. The summed E-state index contributed by atoms with van der Waals surface area (Å²) in [6.07, 6.45) is 7.93. The van der Waals surface area contributed by atoms with Gasteiger partial charge in [-0.3, -0.25) is 4.79 Å². The Kier molecular flexibility index (Phi) is 5.43. The molecule has 116 valence electrons. The van der Waals surface area contributed by atoms with Crippen LogP contribution in [0.25, 0.3) is 0 Å². The number of amides is 1. The maximum Gasteiger partial charge on any atom is 0.224 e. The summed E-state index contributed by atoms with van der Waals surface area (Å²) in [6.45, 7) is 2.39. The molecule has 6 heteroatoms. The van der Waals surface area contributed by atoms with E-state index in [2.05, 4.69) is 4.72 Å². The fourth-order valence-electron chi connectivity index (χ4n) is 3.31. The standard InChI is InChI=1S/C14H26N2O3S/c1-2-9-20(18,19)15-12-10-14(17)16(11-12)13-7-5-3-4-6-8-13/h12-13,15H,2-11H2,1H3. The number of hydrogen-bond donors (Lipinski definition) is 1. The Hall–Kier alpha value is -0.620. The third kappa shape index (κ3) is 4.19. The van der Waals surface area contributed by atoms with Gasteiger partial charge in [-0.1, -0.05) is 32.6 Å². The summed E-state index contributed by atoms with van der Waals surface area (Å²) in [5, 5.41) is 0. The average molecular weight is 302 g/mol. The molecule has 1 atom stereocenters. The maximum atomic E-state index is 12.1. The van der Waals surface area contributed by atoms with Gasteiger partial charge < -0.3 is 4.90 Å². The van der Waals surface area contributed by atoms with Crippen molar-refractivity contribution < 1.29 is 13.2 Å². The summed E-state index contributed by atoms with van der Waals surface area (Å²) in [5.41, 5.74) is 0. The second-order valence-corrected chi connectivity index (χ2v) is 7.90. The topological polar surface area (TPSA) is 66.5 Å². The van der Waals surface area contributed by atoms with E-state index in [0.717, 1.165) is 12.8 Å². The first kappa shape index (κ1) is 15.8. The quantitative estimate of drug-likeness (QED) is 0.785. The van der Waals surface area contributed by atoms with Crippen LogP contribution in [-0.2, 0) is 14.8 Å². The summed E-state index contributed by atoms with van der Waals surface area (Å²) in [4.78, 5) is 14.1. The SMILES string of the molecule is CCCS(=O)(=O)NC1CC(=O)N(C2CCCCCC2)C1. The zero-order valence-electron chi connectivity index (χ0n) is 12.3. The summed E-state index contributed by atoms with van der Waals surface area (Å²) in [7, 11) is -3.23. The van der Waals surface area contributed by atoms with E-state index >= 15 is 0 Å². The number of likely N-dealkylation sites (tertiary alicyclic amines) is 1. The molecule has 0 aromatic rings. The molecule has 1 amide bonds. The molecule has 1 unspecified atom stereocenters. The smallest absolute Gasteiger partial charge is 0.224 e.